The zero-order chi connectivity index (χ0) is 12.7. The molecule has 0 aliphatic heterocycles. The Labute approximate surface area is 104 Å². The largest absolute Gasteiger partial charge is 0.316 e. The fourth-order valence-electron chi connectivity index (χ4n) is 2.04. The van der Waals surface area contributed by atoms with E-state index in [0.29, 0.717) is 11.8 Å². The van der Waals surface area contributed by atoms with Gasteiger partial charge in [0.05, 0.1) is 0 Å². The Morgan fingerprint density at radius 1 is 1.24 bits per heavy atom. The summed E-state index contributed by atoms with van der Waals surface area (Å²) in [5, 5.41) is 3.47. The van der Waals surface area contributed by atoms with Crippen molar-refractivity contribution in [3.8, 4) is 0 Å². The van der Waals surface area contributed by atoms with Crippen LogP contribution < -0.4 is 5.32 Å². The molecule has 0 aliphatic rings. The fraction of sp³-hybridized carbons (Fsp3) is 0.600. The van der Waals surface area contributed by atoms with Crippen molar-refractivity contribution >= 4 is 0 Å². The number of hydrogen-bond acceptors (Lipinski definition) is 1. The second kappa shape index (κ2) is 7.44. The van der Waals surface area contributed by atoms with E-state index in [2.05, 4.69) is 26.1 Å². The summed E-state index contributed by atoms with van der Waals surface area (Å²) in [4.78, 5) is 0. The first-order valence-corrected chi connectivity index (χ1v) is 6.59. The number of rotatable bonds is 7. The molecule has 0 bridgehead atoms. The van der Waals surface area contributed by atoms with Gasteiger partial charge in [0, 0.05) is 6.54 Å². The van der Waals surface area contributed by atoms with Crippen molar-refractivity contribution in [1.82, 2.24) is 5.32 Å². The van der Waals surface area contributed by atoms with E-state index in [9.17, 15) is 4.39 Å². The fourth-order valence-corrected chi connectivity index (χ4v) is 2.04. The maximum atomic E-state index is 13.2. The topological polar surface area (TPSA) is 12.0 Å². The lowest BCUT2D eigenvalue weighted by Crippen LogP contribution is -2.25. The first-order chi connectivity index (χ1) is 8.13. The van der Waals surface area contributed by atoms with Gasteiger partial charge >= 0.3 is 0 Å². The molecule has 0 aromatic heterocycles. The molecule has 0 amide bonds. The molecule has 1 aromatic carbocycles. The minimum atomic E-state index is -0.132. The van der Waals surface area contributed by atoms with Gasteiger partial charge in [0.2, 0.25) is 0 Å². The Balaban J connectivity index is 2.58. The van der Waals surface area contributed by atoms with Crippen molar-refractivity contribution in [2.45, 2.75) is 39.5 Å². The molecule has 1 rings (SSSR count). The van der Waals surface area contributed by atoms with Crippen LogP contribution in [0.4, 0.5) is 4.39 Å². The molecular weight excluding hydrogens is 213 g/mol. The SMILES string of the molecule is CCCC(CNCC(C)C)c1cccc(F)c1. The zero-order valence-corrected chi connectivity index (χ0v) is 11.2. The molecule has 1 unspecified atom stereocenters. The summed E-state index contributed by atoms with van der Waals surface area (Å²) in [5.41, 5.74) is 1.11. The summed E-state index contributed by atoms with van der Waals surface area (Å²) in [7, 11) is 0. The third-order valence-corrected chi connectivity index (χ3v) is 2.90. The van der Waals surface area contributed by atoms with E-state index < -0.39 is 0 Å². The summed E-state index contributed by atoms with van der Waals surface area (Å²) >= 11 is 0. The lowest BCUT2D eigenvalue weighted by molar-refractivity contribution is 0.496. The van der Waals surface area contributed by atoms with Crippen LogP contribution in [-0.2, 0) is 0 Å². The molecule has 0 fully saturated rings. The van der Waals surface area contributed by atoms with Gasteiger partial charge in [-0.3, -0.25) is 0 Å². The van der Waals surface area contributed by atoms with Gasteiger partial charge in [-0.25, -0.2) is 4.39 Å². The van der Waals surface area contributed by atoms with Crippen molar-refractivity contribution in [3.63, 3.8) is 0 Å². The van der Waals surface area contributed by atoms with E-state index in [4.69, 9.17) is 0 Å². The average Bonchev–Trinajstić information content (AvgIpc) is 2.27. The van der Waals surface area contributed by atoms with E-state index in [1.165, 1.54) is 6.07 Å². The molecule has 0 heterocycles. The lowest BCUT2D eigenvalue weighted by Gasteiger charge is -2.18. The molecule has 1 atom stereocenters. The van der Waals surface area contributed by atoms with Crippen LogP contribution in [0.3, 0.4) is 0 Å². The van der Waals surface area contributed by atoms with Crippen LogP contribution in [-0.4, -0.2) is 13.1 Å². The monoisotopic (exact) mass is 237 g/mol. The minimum absolute atomic E-state index is 0.132. The van der Waals surface area contributed by atoms with Crippen LogP contribution in [0, 0.1) is 11.7 Å². The third kappa shape index (κ3) is 5.31. The van der Waals surface area contributed by atoms with Crippen molar-refractivity contribution < 1.29 is 4.39 Å². The van der Waals surface area contributed by atoms with E-state index in [0.717, 1.165) is 31.5 Å². The molecule has 0 saturated carbocycles. The first-order valence-electron chi connectivity index (χ1n) is 6.59. The van der Waals surface area contributed by atoms with Gasteiger partial charge in [-0.05, 0) is 42.5 Å². The van der Waals surface area contributed by atoms with Gasteiger partial charge in [-0.15, -0.1) is 0 Å². The smallest absolute Gasteiger partial charge is 0.123 e. The Morgan fingerprint density at radius 3 is 2.59 bits per heavy atom. The molecule has 1 nitrogen and oxygen atoms in total. The Bertz CT molecular complexity index is 322. The summed E-state index contributed by atoms with van der Waals surface area (Å²) < 4.78 is 13.2. The lowest BCUT2D eigenvalue weighted by atomic mass is 9.94. The summed E-state index contributed by atoms with van der Waals surface area (Å²) in [6.07, 6.45) is 2.24. The van der Waals surface area contributed by atoms with Crippen LogP contribution in [0.15, 0.2) is 24.3 Å². The molecule has 0 saturated heterocycles. The minimum Gasteiger partial charge on any atom is -0.316 e. The highest BCUT2D eigenvalue weighted by Gasteiger charge is 2.11. The molecule has 96 valence electrons. The predicted molar refractivity (Wildman–Crippen MR) is 71.8 cm³/mol. The van der Waals surface area contributed by atoms with Crippen LogP contribution in [0.1, 0.15) is 45.1 Å². The van der Waals surface area contributed by atoms with Gasteiger partial charge < -0.3 is 5.32 Å². The van der Waals surface area contributed by atoms with E-state index in [-0.39, 0.29) is 5.82 Å². The highest BCUT2D eigenvalue weighted by Crippen LogP contribution is 2.21. The van der Waals surface area contributed by atoms with Crippen molar-refractivity contribution in [3.05, 3.63) is 35.6 Å². The van der Waals surface area contributed by atoms with Crippen LogP contribution in [0.2, 0.25) is 0 Å². The molecular formula is C15H24FN. The zero-order valence-electron chi connectivity index (χ0n) is 11.2. The van der Waals surface area contributed by atoms with Crippen molar-refractivity contribution in [2.75, 3.05) is 13.1 Å². The van der Waals surface area contributed by atoms with Crippen molar-refractivity contribution in [1.29, 1.82) is 0 Å². The highest BCUT2D eigenvalue weighted by atomic mass is 19.1. The number of hydrogen-bond donors (Lipinski definition) is 1. The number of benzene rings is 1. The van der Waals surface area contributed by atoms with Gasteiger partial charge in [-0.2, -0.15) is 0 Å². The molecule has 17 heavy (non-hydrogen) atoms. The Morgan fingerprint density at radius 2 is 2.00 bits per heavy atom. The maximum Gasteiger partial charge on any atom is 0.123 e. The van der Waals surface area contributed by atoms with Crippen LogP contribution in [0.5, 0.6) is 0 Å². The standard InChI is InChI=1S/C15H24FN/c1-4-6-14(11-17-10-12(2)3)13-7-5-8-15(16)9-13/h5,7-9,12,14,17H,4,6,10-11H2,1-3H3. The second-order valence-corrected chi connectivity index (χ2v) is 5.09. The molecule has 0 spiro atoms. The molecule has 0 aliphatic carbocycles. The van der Waals surface area contributed by atoms with Gasteiger partial charge in [0.15, 0.2) is 0 Å². The van der Waals surface area contributed by atoms with E-state index in [1.54, 1.807) is 12.1 Å². The highest BCUT2D eigenvalue weighted by molar-refractivity contribution is 5.21. The first kappa shape index (κ1) is 14.2. The normalized spacial score (nSPS) is 13.0. The summed E-state index contributed by atoms with van der Waals surface area (Å²) in [6.45, 7) is 8.54. The summed E-state index contributed by atoms with van der Waals surface area (Å²) in [6, 6.07) is 7.00. The Kier molecular flexibility index (Phi) is 6.20. The summed E-state index contributed by atoms with van der Waals surface area (Å²) in [5.74, 6) is 0.951. The van der Waals surface area contributed by atoms with Crippen LogP contribution in [0.25, 0.3) is 0 Å². The van der Waals surface area contributed by atoms with Crippen molar-refractivity contribution in [2.24, 2.45) is 5.92 Å². The van der Waals surface area contributed by atoms with Crippen LogP contribution >= 0.6 is 0 Å². The number of halogens is 1. The maximum absolute atomic E-state index is 13.2. The quantitative estimate of drug-likeness (QED) is 0.757. The van der Waals surface area contributed by atoms with Gasteiger partial charge in [0.25, 0.3) is 0 Å². The number of nitrogens with one attached hydrogen (secondary N) is 1. The molecule has 0 radical (unpaired) electrons. The van der Waals surface area contributed by atoms with E-state index >= 15 is 0 Å². The van der Waals surface area contributed by atoms with Gasteiger partial charge in [0.1, 0.15) is 5.82 Å². The third-order valence-electron chi connectivity index (χ3n) is 2.90. The van der Waals surface area contributed by atoms with Gasteiger partial charge in [-0.1, -0.05) is 39.3 Å². The predicted octanol–water partition coefficient (Wildman–Crippen LogP) is 3.96. The average molecular weight is 237 g/mol. The molecule has 1 N–H and O–H groups in total. The second-order valence-electron chi connectivity index (χ2n) is 5.09. The Hall–Kier alpha value is -0.890. The molecule has 2 heteroatoms. The van der Waals surface area contributed by atoms with E-state index in [1.807, 2.05) is 6.07 Å². The molecule has 1 aromatic rings.